The van der Waals surface area contributed by atoms with E-state index in [1.165, 1.54) is 5.56 Å². The molecule has 2 heteroatoms. The Morgan fingerprint density at radius 1 is 1.17 bits per heavy atom. The van der Waals surface area contributed by atoms with Crippen LogP contribution < -0.4 is 0 Å². The first-order valence-corrected chi connectivity index (χ1v) is 6.38. The molecular formula is C16H19NO. The van der Waals surface area contributed by atoms with Crippen LogP contribution in [0.2, 0.25) is 0 Å². The molecule has 0 aliphatic carbocycles. The predicted molar refractivity (Wildman–Crippen MR) is 73.5 cm³/mol. The standard InChI is InChI=1S/C16H19NO/c1-3-13-6-8-14(9-7-13)16(18)11-15-12(2)5-4-10-17-15/h4-10,16,18H,3,11H2,1-2H3. The molecule has 0 amide bonds. The van der Waals surface area contributed by atoms with E-state index in [9.17, 15) is 5.11 Å². The first-order valence-electron chi connectivity index (χ1n) is 6.38. The number of hydrogen-bond donors (Lipinski definition) is 1. The van der Waals surface area contributed by atoms with Crippen molar-refractivity contribution in [2.45, 2.75) is 32.8 Å². The summed E-state index contributed by atoms with van der Waals surface area (Å²) < 4.78 is 0. The highest BCUT2D eigenvalue weighted by molar-refractivity contribution is 5.26. The van der Waals surface area contributed by atoms with Gasteiger partial charge in [-0.2, -0.15) is 0 Å². The number of nitrogens with zero attached hydrogens (tertiary/aromatic N) is 1. The lowest BCUT2D eigenvalue weighted by atomic mass is 10.0. The molecule has 1 N–H and O–H groups in total. The zero-order chi connectivity index (χ0) is 13.0. The molecule has 0 bridgehead atoms. The van der Waals surface area contributed by atoms with Gasteiger partial charge in [0, 0.05) is 18.3 Å². The summed E-state index contributed by atoms with van der Waals surface area (Å²) >= 11 is 0. The van der Waals surface area contributed by atoms with E-state index in [1.807, 2.05) is 31.2 Å². The lowest BCUT2D eigenvalue weighted by Gasteiger charge is -2.12. The van der Waals surface area contributed by atoms with Gasteiger partial charge in [-0.25, -0.2) is 0 Å². The molecule has 2 nitrogen and oxygen atoms in total. The van der Waals surface area contributed by atoms with Crippen LogP contribution in [0.4, 0.5) is 0 Å². The third-order valence-corrected chi connectivity index (χ3v) is 3.28. The topological polar surface area (TPSA) is 33.1 Å². The van der Waals surface area contributed by atoms with Gasteiger partial charge in [0.05, 0.1) is 6.10 Å². The number of aryl methyl sites for hydroxylation is 2. The summed E-state index contributed by atoms with van der Waals surface area (Å²) in [7, 11) is 0. The monoisotopic (exact) mass is 241 g/mol. The Bertz CT molecular complexity index is 505. The molecule has 2 rings (SSSR count). The van der Waals surface area contributed by atoms with Crippen molar-refractivity contribution in [1.29, 1.82) is 0 Å². The van der Waals surface area contributed by atoms with Gasteiger partial charge in [0.1, 0.15) is 0 Å². The summed E-state index contributed by atoms with van der Waals surface area (Å²) in [5, 5.41) is 10.2. The maximum absolute atomic E-state index is 10.2. The van der Waals surface area contributed by atoms with E-state index in [0.29, 0.717) is 6.42 Å². The average molecular weight is 241 g/mol. The van der Waals surface area contributed by atoms with Crippen molar-refractivity contribution in [3.05, 3.63) is 65.0 Å². The first kappa shape index (κ1) is 12.8. The van der Waals surface area contributed by atoms with E-state index >= 15 is 0 Å². The number of benzene rings is 1. The third-order valence-electron chi connectivity index (χ3n) is 3.28. The van der Waals surface area contributed by atoms with Crippen molar-refractivity contribution >= 4 is 0 Å². The van der Waals surface area contributed by atoms with E-state index in [2.05, 4.69) is 24.0 Å². The van der Waals surface area contributed by atoms with Gasteiger partial charge in [-0.05, 0) is 36.1 Å². The van der Waals surface area contributed by atoms with Crippen molar-refractivity contribution in [3.8, 4) is 0 Å². The fraction of sp³-hybridized carbons (Fsp3) is 0.312. The van der Waals surface area contributed by atoms with E-state index in [1.54, 1.807) is 6.20 Å². The summed E-state index contributed by atoms with van der Waals surface area (Å²) in [6.07, 6.45) is 2.88. The second-order valence-corrected chi connectivity index (χ2v) is 4.58. The summed E-state index contributed by atoms with van der Waals surface area (Å²) in [6, 6.07) is 12.1. The average Bonchev–Trinajstić information content (AvgIpc) is 2.41. The lowest BCUT2D eigenvalue weighted by Crippen LogP contribution is -2.05. The van der Waals surface area contributed by atoms with Gasteiger partial charge in [0.25, 0.3) is 0 Å². The highest BCUT2D eigenvalue weighted by Crippen LogP contribution is 2.19. The summed E-state index contributed by atoms with van der Waals surface area (Å²) in [5.41, 5.74) is 4.34. The minimum atomic E-state index is -0.482. The fourth-order valence-electron chi connectivity index (χ4n) is 2.01. The van der Waals surface area contributed by atoms with Crippen LogP contribution in [0.1, 0.15) is 35.4 Å². The van der Waals surface area contributed by atoms with Crippen molar-refractivity contribution in [3.63, 3.8) is 0 Å². The molecule has 2 aromatic rings. The fourth-order valence-corrected chi connectivity index (χ4v) is 2.01. The third kappa shape index (κ3) is 2.96. The molecule has 1 atom stereocenters. The minimum absolute atomic E-state index is 0.482. The van der Waals surface area contributed by atoms with Gasteiger partial charge in [0.15, 0.2) is 0 Å². The molecule has 0 saturated carbocycles. The van der Waals surface area contributed by atoms with Crippen LogP contribution in [0.5, 0.6) is 0 Å². The molecule has 1 heterocycles. The lowest BCUT2D eigenvalue weighted by molar-refractivity contribution is 0.177. The van der Waals surface area contributed by atoms with E-state index < -0.39 is 6.10 Å². The molecule has 0 aliphatic rings. The molecule has 0 spiro atoms. The van der Waals surface area contributed by atoms with Crippen LogP contribution in [0.15, 0.2) is 42.6 Å². The van der Waals surface area contributed by atoms with Gasteiger partial charge in [-0.1, -0.05) is 37.3 Å². The zero-order valence-corrected chi connectivity index (χ0v) is 10.9. The number of aliphatic hydroxyl groups is 1. The number of rotatable bonds is 4. The number of pyridine rings is 1. The van der Waals surface area contributed by atoms with Crippen molar-refractivity contribution in [2.75, 3.05) is 0 Å². The summed E-state index contributed by atoms with van der Waals surface area (Å²) in [6.45, 7) is 4.15. The van der Waals surface area contributed by atoms with E-state index in [0.717, 1.165) is 23.2 Å². The maximum Gasteiger partial charge on any atom is 0.0845 e. The van der Waals surface area contributed by atoms with Gasteiger partial charge in [0.2, 0.25) is 0 Å². The Morgan fingerprint density at radius 3 is 2.50 bits per heavy atom. The number of hydrogen-bond acceptors (Lipinski definition) is 2. The summed E-state index contributed by atoms with van der Waals surface area (Å²) in [5.74, 6) is 0. The normalized spacial score (nSPS) is 12.4. The van der Waals surface area contributed by atoms with Crippen LogP contribution in [0.3, 0.4) is 0 Å². The molecule has 94 valence electrons. The van der Waals surface area contributed by atoms with E-state index in [-0.39, 0.29) is 0 Å². The summed E-state index contributed by atoms with van der Waals surface area (Å²) in [4.78, 5) is 4.32. The highest BCUT2D eigenvalue weighted by Gasteiger charge is 2.10. The molecule has 0 aliphatic heterocycles. The van der Waals surface area contributed by atoms with Crippen molar-refractivity contribution in [2.24, 2.45) is 0 Å². The van der Waals surface area contributed by atoms with Crippen LogP contribution >= 0.6 is 0 Å². The second kappa shape index (κ2) is 5.78. The first-order chi connectivity index (χ1) is 8.70. The largest absolute Gasteiger partial charge is 0.388 e. The smallest absolute Gasteiger partial charge is 0.0845 e. The number of aromatic nitrogens is 1. The van der Waals surface area contributed by atoms with Crippen LogP contribution in [-0.2, 0) is 12.8 Å². The molecule has 18 heavy (non-hydrogen) atoms. The Balaban J connectivity index is 2.11. The number of aliphatic hydroxyl groups excluding tert-OH is 1. The quantitative estimate of drug-likeness (QED) is 0.891. The Labute approximate surface area is 108 Å². The van der Waals surface area contributed by atoms with Crippen LogP contribution in [0, 0.1) is 6.92 Å². The molecule has 1 unspecified atom stereocenters. The molecule has 0 saturated heterocycles. The van der Waals surface area contributed by atoms with E-state index in [4.69, 9.17) is 0 Å². The molecule has 1 aromatic heterocycles. The van der Waals surface area contributed by atoms with Crippen LogP contribution in [0.25, 0.3) is 0 Å². The van der Waals surface area contributed by atoms with Gasteiger partial charge in [-0.15, -0.1) is 0 Å². The molecular weight excluding hydrogens is 222 g/mol. The molecule has 0 radical (unpaired) electrons. The predicted octanol–water partition coefficient (Wildman–Crippen LogP) is 3.23. The van der Waals surface area contributed by atoms with Gasteiger partial charge < -0.3 is 5.11 Å². The molecule has 0 fully saturated rings. The Morgan fingerprint density at radius 2 is 1.89 bits per heavy atom. The van der Waals surface area contributed by atoms with Crippen molar-refractivity contribution < 1.29 is 5.11 Å². The minimum Gasteiger partial charge on any atom is -0.388 e. The second-order valence-electron chi connectivity index (χ2n) is 4.58. The SMILES string of the molecule is CCc1ccc(C(O)Cc2ncccc2C)cc1. The Kier molecular flexibility index (Phi) is 4.11. The Hall–Kier alpha value is -1.67. The highest BCUT2D eigenvalue weighted by atomic mass is 16.3. The van der Waals surface area contributed by atoms with Gasteiger partial charge >= 0.3 is 0 Å². The zero-order valence-electron chi connectivity index (χ0n) is 10.9. The molecule has 1 aromatic carbocycles. The maximum atomic E-state index is 10.2. The van der Waals surface area contributed by atoms with Gasteiger partial charge in [-0.3, -0.25) is 4.98 Å². The van der Waals surface area contributed by atoms with Crippen LogP contribution in [-0.4, -0.2) is 10.1 Å². The van der Waals surface area contributed by atoms with Crippen molar-refractivity contribution in [1.82, 2.24) is 4.98 Å².